The Morgan fingerprint density at radius 3 is 2.42 bits per heavy atom. The molecule has 2 aromatic carbocycles. The molecule has 0 saturated carbocycles. The van der Waals surface area contributed by atoms with Gasteiger partial charge in [0.1, 0.15) is 5.75 Å². The van der Waals surface area contributed by atoms with Gasteiger partial charge < -0.3 is 15.4 Å². The minimum Gasteiger partial charge on any atom is -0.492 e. The normalized spacial score (nSPS) is 10.3. The molecule has 0 aliphatic rings. The van der Waals surface area contributed by atoms with Crippen LogP contribution in [-0.4, -0.2) is 12.5 Å². The van der Waals surface area contributed by atoms with Gasteiger partial charge in [-0.2, -0.15) is 0 Å². The van der Waals surface area contributed by atoms with E-state index in [9.17, 15) is 4.79 Å². The van der Waals surface area contributed by atoms with E-state index in [1.165, 1.54) is 6.92 Å². The van der Waals surface area contributed by atoms with Crippen LogP contribution in [-0.2, 0) is 11.3 Å². The minimum atomic E-state index is -0.0765. The molecular weight excluding hydrogens is 436 g/mol. The molecule has 2 rings (SSSR count). The molecule has 2 N–H and O–H groups in total. The number of hydrogen-bond acceptors (Lipinski definition) is 3. The van der Waals surface area contributed by atoms with E-state index < -0.39 is 0 Å². The fraction of sp³-hybridized carbons (Fsp3) is 0.278. The van der Waals surface area contributed by atoms with Gasteiger partial charge in [0, 0.05) is 34.9 Å². The van der Waals surface area contributed by atoms with Crippen molar-refractivity contribution in [1.29, 1.82) is 0 Å². The van der Waals surface area contributed by atoms with Crippen LogP contribution in [0.2, 0.25) is 0 Å². The number of anilines is 2. The van der Waals surface area contributed by atoms with Gasteiger partial charge in [0.25, 0.3) is 0 Å². The maximum Gasteiger partial charge on any atom is 0.221 e. The van der Waals surface area contributed by atoms with Crippen molar-refractivity contribution in [3.63, 3.8) is 0 Å². The van der Waals surface area contributed by atoms with Crippen molar-refractivity contribution >= 4 is 49.1 Å². The van der Waals surface area contributed by atoms with E-state index in [1.807, 2.05) is 30.3 Å². The van der Waals surface area contributed by atoms with Crippen molar-refractivity contribution in [2.24, 2.45) is 0 Å². The molecule has 2 aromatic rings. The maximum absolute atomic E-state index is 11.0. The van der Waals surface area contributed by atoms with Crippen LogP contribution in [0.5, 0.6) is 5.75 Å². The van der Waals surface area contributed by atoms with E-state index >= 15 is 0 Å². The Morgan fingerprint density at radius 1 is 1.12 bits per heavy atom. The molecule has 0 aromatic heterocycles. The predicted octanol–water partition coefficient (Wildman–Crippen LogP) is 5.57. The molecule has 1 amide bonds. The fourth-order valence-electron chi connectivity index (χ4n) is 2.18. The van der Waals surface area contributed by atoms with E-state index in [1.54, 1.807) is 0 Å². The molecule has 0 aliphatic heterocycles. The first-order chi connectivity index (χ1) is 11.5. The van der Waals surface area contributed by atoms with Crippen LogP contribution < -0.4 is 15.4 Å². The Morgan fingerprint density at radius 2 is 1.79 bits per heavy atom. The van der Waals surface area contributed by atoms with Crippen LogP contribution in [0.1, 0.15) is 25.8 Å². The van der Waals surface area contributed by atoms with Crippen LogP contribution >= 0.6 is 31.9 Å². The number of rotatable bonds is 7. The van der Waals surface area contributed by atoms with Crippen molar-refractivity contribution in [1.82, 2.24) is 0 Å². The molecule has 6 heteroatoms. The first-order valence-electron chi connectivity index (χ1n) is 7.72. The van der Waals surface area contributed by atoms with Crippen LogP contribution in [0.3, 0.4) is 0 Å². The van der Waals surface area contributed by atoms with Gasteiger partial charge in [-0.05, 0) is 58.7 Å². The lowest BCUT2D eigenvalue weighted by Crippen LogP contribution is -2.06. The minimum absolute atomic E-state index is 0.0765. The first-order valence-corrected chi connectivity index (χ1v) is 9.30. The second kappa shape index (κ2) is 9.08. The van der Waals surface area contributed by atoms with Crippen LogP contribution in [0.15, 0.2) is 45.3 Å². The molecule has 0 radical (unpaired) electrons. The van der Waals surface area contributed by atoms with Gasteiger partial charge in [0.15, 0.2) is 0 Å². The third-order valence-electron chi connectivity index (χ3n) is 3.22. The molecule has 0 spiro atoms. The summed E-state index contributed by atoms with van der Waals surface area (Å²) < 4.78 is 7.80. The molecule has 24 heavy (non-hydrogen) atoms. The zero-order valence-electron chi connectivity index (χ0n) is 13.7. The number of ether oxygens (including phenoxy) is 1. The van der Waals surface area contributed by atoms with Gasteiger partial charge in [0.2, 0.25) is 5.91 Å². The Bertz CT molecular complexity index is 703. The topological polar surface area (TPSA) is 50.4 Å². The number of amides is 1. The summed E-state index contributed by atoms with van der Waals surface area (Å²) in [5.74, 6) is 0.787. The van der Waals surface area contributed by atoms with Gasteiger partial charge in [-0.3, -0.25) is 4.79 Å². The van der Waals surface area contributed by atoms with Crippen LogP contribution in [0.25, 0.3) is 0 Å². The monoisotopic (exact) mass is 454 g/mol. The summed E-state index contributed by atoms with van der Waals surface area (Å²) in [5, 5.41) is 6.13. The molecule has 4 nitrogen and oxygen atoms in total. The zero-order chi connectivity index (χ0) is 17.5. The molecule has 0 atom stereocenters. The summed E-state index contributed by atoms with van der Waals surface area (Å²) in [4.78, 5) is 11.0. The Labute approximate surface area is 159 Å². The number of benzene rings is 2. The van der Waals surface area contributed by atoms with Gasteiger partial charge in [-0.1, -0.05) is 22.9 Å². The van der Waals surface area contributed by atoms with Crippen molar-refractivity contribution in [2.45, 2.75) is 26.8 Å². The number of hydrogen-bond donors (Lipinski definition) is 2. The molecule has 0 unspecified atom stereocenters. The summed E-state index contributed by atoms with van der Waals surface area (Å²) in [6, 6.07) is 11.6. The summed E-state index contributed by atoms with van der Waals surface area (Å²) in [7, 11) is 0. The second-order valence-corrected chi connectivity index (χ2v) is 7.11. The molecule has 0 heterocycles. The van der Waals surface area contributed by atoms with Gasteiger partial charge in [-0.15, -0.1) is 0 Å². The highest BCUT2D eigenvalue weighted by atomic mass is 79.9. The van der Waals surface area contributed by atoms with E-state index in [4.69, 9.17) is 4.74 Å². The Hall–Kier alpha value is -1.53. The number of carbonyl (C=O) groups excluding carboxylic acids is 1. The first kappa shape index (κ1) is 18.8. The van der Waals surface area contributed by atoms with Gasteiger partial charge in [0.05, 0.1) is 11.1 Å². The lowest BCUT2D eigenvalue weighted by atomic mass is 10.2. The van der Waals surface area contributed by atoms with Crippen LogP contribution in [0.4, 0.5) is 11.4 Å². The summed E-state index contributed by atoms with van der Waals surface area (Å²) in [5.41, 5.74) is 2.82. The summed E-state index contributed by atoms with van der Waals surface area (Å²) in [6.07, 6.45) is 0.958. The average molecular weight is 456 g/mol. The largest absolute Gasteiger partial charge is 0.492 e. The Balaban J connectivity index is 2.09. The molecule has 0 aliphatic carbocycles. The van der Waals surface area contributed by atoms with Crippen LogP contribution in [0, 0.1) is 0 Å². The predicted molar refractivity (Wildman–Crippen MR) is 106 cm³/mol. The van der Waals surface area contributed by atoms with Crippen molar-refractivity contribution < 1.29 is 9.53 Å². The quantitative estimate of drug-likeness (QED) is 0.573. The maximum atomic E-state index is 11.0. The number of nitrogens with one attached hydrogen (secondary N) is 2. The van der Waals surface area contributed by atoms with Crippen molar-refractivity contribution in [3.05, 3.63) is 50.9 Å². The molecule has 0 bridgehead atoms. The van der Waals surface area contributed by atoms with Crippen molar-refractivity contribution in [3.8, 4) is 5.75 Å². The average Bonchev–Trinajstić information content (AvgIpc) is 2.52. The van der Waals surface area contributed by atoms with E-state index in [0.717, 1.165) is 38.1 Å². The van der Waals surface area contributed by atoms with Gasteiger partial charge in [-0.25, -0.2) is 0 Å². The second-order valence-electron chi connectivity index (χ2n) is 5.34. The summed E-state index contributed by atoms with van der Waals surface area (Å²) in [6.45, 7) is 4.89. The third-order valence-corrected chi connectivity index (χ3v) is 4.27. The molecular formula is C18H20Br2N2O2. The third kappa shape index (κ3) is 5.53. The number of halogens is 2. The Kier molecular flexibility index (Phi) is 7.12. The number of carbonyl (C=O) groups is 1. The van der Waals surface area contributed by atoms with E-state index in [2.05, 4.69) is 55.5 Å². The van der Waals surface area contributed by atoms with E-state index in [0.29, 0.717) is 13.2 Å². The smallest absolute Gasteiger partial charge is 0.221 e. The van der Waals surface area contributed by atoms with Crippen molar-refractivity contribution in [2.75, 3.05) is 17.2 Å². The molecule has 128 valence electrons. The van der Waals surface area contributed by atoms with Gasteiger partial charge >= 0.3 is 0 Å². The zero-order valence-corrected chi connectivity index (χ0v) is 16.8. The lowest BCUT2D eigenvalue weighted by molar-refractivity contribution is -0.114. The standard InChI is InChI=1S/C18H20Br2N2O2/c1-3-8-24-18-13(9-14(19)10-17(18)20)11-21-15-4-6-16(7-5-15)22-12(2)23/h4-7,9-10,21H,3,8,11H2,1-2H3,(H,22,23). The highest BCUT2D eigenvalue weighted by Gasteiger charge is 2.10. The fourth-order valence-corrected chi connectivity index (χ4v) is 3.61. The highest BCUT2D eigenvalue weighted by molar-refractivity contribution is 9.11. The highest BCUT2D eigenvalue weighted by Crippen LogP contribution is 2.33. The molecule has 0 fully saturated rings. The lowest BCUT2D eigenvalue weighted by Gasteiger charge is -2.15. The van der Waals surface area contributed by atoms with E-state index in [-0.39, 0.29) is 5.91 Å². The SMILES string of the molecule is CCCOc1c(Br)cc(Br)cc1CNc1ccc(NC(C)=O)cc1. The summed E-state index contributed by atoms with van der Waals surface area (Å²) >= 11 is 7.08. The molecule has 0 saturated heterocycles.